The number of hydrogen-bond acceptors (Lipinski definition) is 4. The van der Waals surface area contributed by atoms with Crippen molar-refractivity contribution in [3.05, 3.63) is 22.4 Å². The first kappa shape index (κ1) is 14.0. The normalized spacial score (nSPS) is 27.9. The average molecular weight is 294 g/mol. The van der Waals surface area contributed by atoms with E-state index in [1.165, 1.54) is 0 Å². The van der Waals surface area contributed by atoms with Crippen LogP contribution in [0.3, 0.4) is 0 Å². The molecule has 20 heavy (non-hydrogen) atoms. The Hall–Kier alpha value is -0.910. The Morgan fingerprint density at radius 3 is 2.95 bits per heavy atom. The van der Waals surface area contributed by atoms with E-state index in [9.17, 15) is 4.79 Å². The number of nitrogens with zero attached hydrogens (tertiary/aromatic N) is 1. The minimum Gasteiger partial charge on any atom is -0.381 e. The Kier molecular flexibility index (Phi) is 4.10. The van der Waals surface area contributed by atoms with E-state index in [0.29, 0.717) is 12.5 Å². The Morgan fingerprint density at radius 1 is 1.50 bits per heavy atom. The number of rotatable bonds is 3. The molecule has 0 aliphatic carbocycles. The lowest BCUT2D eigenvalue weighted by atomic mass is 9.71. The van der Waals surface area contributed by atoms with Crippen LogP contribution in [0.15, 0.2) is 16.8 Å². The fourth-order valence-corrected chi connectivity index (χ4v) is 4.24. The van der Waals surface area contributed by atoms with E-state index in [4.69, 9.17) is 10.5 Å². The Labute approximate surface area is 123 Å². The van der Waals surface area contributed by atoms with Gasteiger partial charge in [0.05, 0.1) is 5.56 Å². The van der Waals surface area contributed by atoms with Crippen LogP contribution in [0.4, 0.5) is 0 Å². The molecule has 0 radical (unpaired) electrons. The summed E-state index contributed by atoms with van der Waals surface area (Å²) in [5.41, 5.74) is 7.03. The second-order valence-electron chi connectivity index (χ2n) is 5.94. The van der Waals surface area contributed by atoms with E-state index in [1.54, 1.807) is 11.3 Å². The lowest BCUT2D eigenvalue weighted by Gasteiger charge is -2.38. The molecular weight excluding hydrogens is 272 g/mol. The van der Waals surface area contributed by atoms with E-state index in [0.717, 1.165) is 51.1 Å². The molecule has 1 amide bonds. The highest BCUT2D eigenvalue weighted by atomic mass is 32.1. The molecule has 1 aromatic heterocycles. The number of ether oxygens (including phenoxy) is 1. The number of carbonyl (C=O) groups excluding carboxylic acids is 1. The molecule has 2 fully saturated rings. The van der Waals surface area contributed by atoms with E-state index in [1.807, 2.05) is 21.7 Å². The molecule has 4 nitrogen and oxygen atoms in total. The molecule has 5 heteroatoms. The largest absolute Gasteiger partial charge is 0.381 e. The Morgan fingerprint density at radius 2 is 2.30 bits per heavy atom. The smallest absolute Gasteiger partial charge is 0.254 e. The number of hydrogen-bond donors (Lipinski definition) is 1. The molecular formula is C15H22N2O2S. The second kappa shape index (κ2) is 5.84. The predicted octanol–water partition coefficient (Wildman–Crippen LogP) is 1.97. The molecule has 2 aliphatic rings. The van der Waals surface area contributed by atoms with Crippen molar-refractivity contribution >= 4 is 17.2 Å². The third kappa shape index (κ3) is 2.50. The van der Waals surface area contributed by atoms with Crippen LogP contribution in [0.25, 0.3) is 0 Å². The van der Waals surface area contributed by atoms with Gasteiger partial charge in [0.15, 0.2) is 0 Å². The summed E-state index contributed by atoms with van der Waals surface area (Å²) in [5.74, 6) is 0.759. The summed E-state index contributed by atoms with van der Waals surface area (Å²) in [5, 5.41) is 3.89. The molecule has 2 aliphatic heterocycles. The third-order valence-electron chi connectivity index (χ3n) is 4.93. The molecule has 110 valence electrons. The summed E-state index contributed by atoms with van der Waals surface area (Å²) >= 11 is 1.57. The number of nitrogens with two attached hydrogens (primary N) is 1. The van der Waals surface area contributed by atoms with Crippen molar-refractivity contribution in [2.45, 2.75) is 19.3 Å². The van der Waals surface area contributed by atoms with Crippen LogP contribution in [0.2, 0.25) is 0 Å². The molecule has 1 unspecified atom stereocenters. The van der Waals surface area contributed by atoms with Crippen molar-refractivity contribution in [2.75, 3.05) is 32.8 Å². The highest BCUT2D eigenvalue weighted by molar-refractivity contribution is 7.08. The van der Waals surface area contributed by atoms with Crippen molar-refractivity contribution in [2.24, 2.45) is 17.1 Å². The van der Waals surface area contributed by atoms with Gasteiger partial charge >= 0.3 is 0 Å². The van der Waals surface area contributed by atoms with Gasteiger partial charge in [0, 0.05) is 37.1 Å². The first-order valence-corrected chi connectivity index (χ1v) is 8.29. The molecule has 3 rings (SSSR count). The molecule has 0 spiro atoms. The van der Waals surface area contributed by atoms with Crippen LogP contribution >= 0.6 is 11.3 Å². The summed E-state index contributed by atoms with van der Waals surface area (Å²) in [6.45, 7) is 3.99. The van der Waals surface area contributed by atoms with Gasteiger partial charge in [-0.25, -0.2) is 0 Å². The van der Waals surface area contributed by atoms with Crippen LogP contribution in [0, 0.1) is 11.3 Å². The maximum Gasteiger partial charge on any atom is 0.254 e. The first-order valence-electron chi connectivity index (χ1n) is 7.34. The Balaban J connectivity index is 1.71. The second-order valence-corrected chi connectivity index (χ2v) is 6.72. The quantitative estimate of drug-likeness (QED) is 0.927. The van der Waals surface area contributed by atoms with Gasteiger partial charge in [-0.05, 0) is 43.2 Å². The van der Waals surface area contributed by atoms with E-state index in [-0.39, 0.29) is 11.3 Å². The lowest BCUT2D eigenvalue weighted by molar-refractivity contribution is 0.0158. The number of carbonyl (C=O) groups is 1. The van der Waals surface area contributed by atoms with Gasteiger partial charge in [-0.15, -0.1) is 0 Å². The highest BCUT2D eigenvalue weighted by Crippen LogP contribution is 2.42. The number of thiophene rings is 1. The molecule has 1 atom stereocenters. The molecule has 0 saturated carbocycles. The average Bonchev–Trinajstić information content (AvgIpc) is 3.18. The van der Waals surface area contributed by atoms with Crippen LogP contribution in [0.1, 0.15) is 29.6 Å². The van der Waals surface area contributed by atoms with E-state index >= 15 is 0 Å². The van der Waals surface area contributed by atoms with Crippen molar-refractivity contribution in [3.8, 4) is 0 Å². The lowest BCUT2D eigenvalue weighted by Crippen LogP contribution is -2.43. The molecule has 2 saturated heterocycles. The molecule has 2 N–H and O–H groups in total. The Bertz CT molecular complexity index is 456. The van der Waals surface area contributed by atoms with Gasteiger partial charge in [-0.1, -0.05) is 0 Å². The number of amides is 1. The molecule has 0 aromatic carbocycles. The van der Waals surface area contributed by atoms with Crippen LogP contribution in [0.5, 0.6) is 0 Å². The maximum atomic E-state index is 12.5. The van der Waals surface area contributed by atoms with Crippen molar-refractivity contribution in [1.29, 1.82) is 0 Å². The predicted molar refractivity (Wildman–Crippen MR) is 79.9 cm³/mol. The summed E-state index contributed by atoms with van der Waals surface area (Å²) in [6, 6.07) is 1.91. The SMILES string of the molecule is NCC1(C2CCOCC2)CCN(C(=O)c2ccsc2)C1. The van der Waals surface area contributed by atoms with Gasteiger partial charge in [0.1, 0.15) is 0 Å². The first-order chi connectivity index (χ1) is 9.75. The van der Waals surface area contributed by atoms with Crippen molar-refractivity contribution < 1.29 is 9.53 Å². The zero-order valence-electron chi connectivity index (χ0n) is 11.7. The third-order valence-corrected chi connectivity index (χ3v) is 5.62. The zero-order valence-corrected chi connectivity index (χ0v) is 12.5. The molecule has 1 aromatic rings. The fourth-order valence-electron chi connectivity index (χ4n) is 3.61. The zero-order chi connectivity index (χ0) is 14.0. The molecule has 0 bridgehead atoms. The van der Waals surface area contributed by atoms with E-state index in [2.05, 4.69) is 0 Å². The summed E-state index contributed by atoms with van der Waals surface area (Å²) in [6.07, 6.45) is 3.19. The van der Waals surface area contributed by atoms with Crippen LogP contribution in [-0.2, 0) is 4.74 Å². The van der Waals surface area contributed by atoms with Crippen molar-refractivity contribution in [1.82, 2.24) is 4.90 Å². The highest BCUT2D eigenvalue weighted by Gasteiger charge is 2.45. The van der Waals surface area contributed by atoms with Gasteiger partial charge in [0.25, 0.3) is 5.91 Å². The van der Waals surface area contributed by atoms with E-state index < -0.39 is 0 Å². The maximum absolute atomic E-state index is 12.5. The number of likely N-dealkylation sites (tertiary alicyclic amines) is 1. The summed E-state index contributed by atoms with van der Waals surface area (Å²) in [7, 11) is 0. The van der Waals surface area contributed by atoms with Crippen LogP contribution in [-0.4, -0.2) is 43.7 Å². The topological polar surface area (TPSA) is 55.6 Å². The van der Waals surface area contributed by atoms with Crippen LogP contribution < -0.4 is 5.73 Å². The molecule has 3 heterocycles. The standard InChI is InChI=1S/C15H22N2O2S/c16-10-15(13-1-6-19-7-2-13)4-5-17(11-15)14(18)12-3-8-20-9-12/h3,8-9,13H,1-2,4-7,10-11,16H2. The van der Waals surface area contributed by atoms with Gasteiger partial charge in [-0.3, -0.25) is 4.79 Å². The van der Waals surface area contributed by atoms with Crippen molar-refractivity contribution in [3.63, 3.8) is 0 Å². The monoisotopic (exact) mass is 294 g/mol. The minimum absolute atomic E-state index is 0.107. The fraction of sp³-hybridized carbons (Fsp3) is 0.667. The summed E-state index contributed by atoms with van der Waals surface area (Å²) < 4.78 is 5.46. The van der Waals surface area contributed by atoms with Gasteiger partial charge in [-0.2, -0.15) is 11.3 Å². The van der Waals surface area contributed by atoms with Gasteiger partial charge < -0.3 is 15.4 Å². The minimum atomic E-state index is 0.107. The summed E-state index contributed by atoms with van der Waals surface area (Å²) in [4.78, 5) is 14.5. The van der Waals surface area contributed by atoms with Gasteiger partial charge in [0.2, 0.25) is 0 Å².